The van der Waals surface area contributed by atoms with Crippen LogP contribution in [-0.2, 0) is 0 Å². The first-order valence-corrected chi connectivity index (χ1v) is 10.3. The summed E-state index contributed by atoms with van der Waals surface area (Å²) in [5.41, 5.74) is 2.88. The molecule has 0 radical (unpaired) electrons. The van der Waals surface area contributed by atoms with Gasteiger partial charge in [-0.15, -0.1) is 0 Å². The van der Waals surface area contributed by atoms with E-state index in [0.29, 0.717) is 18.3 Å². The number of hydrogen-bond donors (Lipinski definition) is 0. The molecule has 2 aromatic carbocycles. The second-order valence-electron chi connectivity index (χ2n) is 7.43. The number of nitrogens with zero attached hydrogens (tertiary/aromatic N) is 3. The molecule has 1 saturated heterocycles. The van der Waals surface area contributed by atoms with E-state index in [4.69, 9.17) is 14.5 Å². The third-order valence-corrected chi connectivity index (χ3v) is 5.47. The Bertz CT molecular complexity index is 965. The molecule has 30 heavy (non-hydrogen) atoms. The molecule has 0 unspecified atom stereocenters. The molecule has 3 aromatic rings. The Morgan fingerprint density at radius 2 is 1.87 bits per heavy atom. The van der Waals surface area contributed by atoms with Crippen molar-refractivity contribution >= 4 is 0 Å². The maximum Gasteiger partial charge on any atom is 0.128 e. The number of halogens is 1. The van der Waals surface area contributed by atoms with Crippen molar-refractivity contribution in [2.24, 2.45) is 0 Å². The smallest absolute Gasteiger partial charge is 0.128 e. The summed E-state index contributed by atoms with van der Waals surface area (Å²) in [7, 11) is 1.68. The minimum atomic E-state index is -0.254. The normalized spacial score (nSPS) is 16.9. The lowest BCUT2D eigenvalue weighted by molar-refractivity contribution is 0.169. The Hall–Kier alpha value is -2.99. The van der Waals surface area contributed by atoms with Crippen molar-refractivity contribution in [3.63, 3.8) is 0 Å². The molecule has 1 fully saturated rings. The number of methoxy groups -OCH3 is 1. The van der Waals surface area contributed by atoms with Crippen molar-refractivity contribution in [2.45, 2.75) is 18.8 Å². The van der Waals surface area contributed by atoms with Crippen molar-refractivity contribution in [3.8, 4) is 22.8 Å². The third-order valence-electron chi connectivity index (χ3n) is 5.47. The first kappa shape index (κ1) is 20.3. The van der Waals surface area contributed by atoms with E-state index in [-0.39, 0.29) is 5.82 Å². The maximum absolute atomic E-state index is 13.0. The van der Waals surface area contributed by atoms with Crippen LogP contribution in [0.5, 0.6) is 11.5 Å². The van der Waals surface area contributed by atoms with Crippen molar-refractivity contribution in [2.75, 3.05) is 33.4 Å². The van der Waals surface area contributed by atoms with Gasteiger partial charge in [0.05, 0.1) is 18.5 Å². The van der Waals surface area contributed by atoms with Gasteiger partial charge in [-0.05, 0) is 55.8 Å². The number of ether oxygens (including phenoxy) is 2. The Morgan fingerprint density at radius 3 is 2.70 bits per heavy atom. The highest BCUT2D eigenvalue weighted by Gasteiger charge is 2.26. The Balaban J connectivity index is 1.44. The molecule has 0 N–H and O–H groups in total. The zero-order chi connectivity index (χ0) is 20.8. The highest BCUT2D eigenvalue weighted by Crippen LogP contribution is 2.35. The number of aromatic nitrogens is 2. The van der Waals surface area contributed by atoms with E-state index >= 15 is 0 Å². The van der Waals surface area contributed by atoms with Crippen LogP contribution in [0.25, 0.3) is 11.3 Å². The van der Waals surface area contributed by atoms with Crippen LogP contribution in [0.3, 0.4) is 0 Å². The Morgan fingerprint density at radius 1 is 1.07 bits per heavy atom. The van der Waals surface area contributed by atoms with Gasteiger partial charge in [-0.25, -0.2) is 4.39 Å². The molecule has 156 valence electrons. The highest BCUT2D eigenvalue weighted by molar-refractivity contribution is 5.69. The number of para-hydroxylation sites is 1. The van der Waals surface area contributed by atoms with Crippen LogP contribution >= 0.6 is 0 Å². The van der Waals surface area contributed by atoms with Crippen LogP contribution in [0.1, 0.15) is 24.5 Å². The zero-order valence-electron chi connectivity index (χ0n) is 17.1. The van der Waals surface area contributed by atoms with Crippen LogP contribution in [-0.4, -0.2) is 48.2 Å². The first-order chi connectivity index (χ1) is 14.7. The monoisotopic (exact) mass is 407 g/mol. The van der Waals surface area contributed by atoms with E-state index in [2.05, 4.69) is 9.88 Å². The van der Waals surface area contributed by atoms with Crippen LogP contribution in [0.15, 0.2) is 60.9 Å². The van der Waals surface area contributed by atoms with E-state index in [1.165, 1.54) is 12.1 Å². The summed E-state index contributed by atoms with van der Waals surface area (Å²) in [4.78, 5) is 11.8. The average Bonchev–Trinajstić information content (AvgIpc) is 2.80. The van der Waals surface area contributed by atoms with Crippen molar-refractivity contribution < 1.29 is 13.9 Å². The summed E-state index contributed by atoms with van der Waals surface area (Å²) in [5.74, 6) is 1.55. The van der Waals surface area contributed by atoms with E-state index in [0.717, 1.165) is 55.2 Å². The summed E-state index contributed by atoms with van der Waals surface area (Å²) >= 11 is 0. The van der Waals surface area contributed by atoms with Crippen LogP contribution < -0.4 is 9.47 Å². The number of likely N-dealkylation sites (tertiary alicyclic amines) is 1. The molecular weight excluding hydrogens is 381 g/mol. The molecule has 0 aliphatic carbocycles. The minimum absolute atomic E-state index is 0.254. The van der Waals surface area contributed by atoms with Gasteiger partial charge >= 0.3 is 0 Å². The first-order valence-electron chi connectivity index (χ1n) is 10.3. The fourth-order valence-corrected chi connectivity index (χ4v) is 4.00. The molecule has 0 bridgehead atoms. The number of piperidine rings is 1. The van der Waals surface area contributed by atoms with Gasteiger partial charge in [0, 0.05) is 37.0 Å². The number of hydrogen-bond acceptors (Lipinski definition) is 5. The summed E-state index contributed by atoms with van der Waals surface area (Å²) in [5, 5.41) is 0. The van der Waals surface area contributed by atoms with E-state index in [1.54, 1.807) is 31.6 Å². The SMILES string of the molecule is COc1ccccc1-c1nccnc1[C@@H]1CCCN(CCOc2ccc(F)cc2)C1. The molecule has 1 aliphatic heterocycles. The van der Waals surface area contributed by atoms with Gasteiger partial charge in [0.2, 0.25) is 0 Å². The molecular formula is C24H26FN3O2. The van der Waals surface area contributed by atoms with Crippen LogP contribution in [0.4, 0.5) is 4.39 Å². The molecule has 1 aliphatic rings. The topological polar surface area (TPSA) is 47.5 Å². The quantitative estimate of drug-likeness (QED) is 0.575. The van der Waals surface area contributed by atoms with Gasteiger partial charge in [0.15, 0.2) is 0 Å². The van der Waals surface area contributed by atoms with Crippen molar-refractivity contribution in [1.29, 1.82) is 0 Å². The lowest BCUT2D eigenvalue weighted by Crippen LogP contribution is -2.37. The maximum atomic E-state index is 13.0. The molecule has 4 rings (SSSR count). The van der Waals surface area contributed by atoms with Crippen molar-refractivity contribution in [1.82, 2.24) is 14.9 Å². The molecule has 0 saturated carbocycles. The lowest BCUT2D eigenvalue weighted by atomic mass is 9.91. The Labute approximate surface area is 176 Å². The lowest BCUT2D eigenvalue weighted by Gasteiger charge is -2.33. The van der Waals surface area contributed by atoms with Gasteiger partial charge in [-0.3, -0.25) is 14.9 Å². The second kappa shape index (κ2) is 9.67. The molecule has 1 atom stereocenters. The predicted octanol–water partition coefficient (Wildman–Crippen LogP) is 4.55. The average molecular weight is 407 g/mol. The summed E-state index contributed by atoms with van der Waals surface area (Å²) < 4.78 is 24.3. The van der Waals surface area contributed by atoms with Gasteiger partial charge in [-0.2, -0.15) is 0 Å². The van der Waals surface area contributed by atoms with E-state index in [9.17, 15) is 4.39 Å². The third kappa shape index (κ3) is 4.76. The van der Waals surface area contributed by atoms with Gasteiger partial charge in [-0.1, -0.05) is 12.1 Å². The van der Waals surface area contributed by atoms with Gasteiger partial charge < -0.3 is 9.47 Å². The van der Waals surface area contributed by atoms with E-state index in [1.807, 2.05) is 24.3 Å². The fourth-order valence-electron chi connectivity index (χ4n) is 4.00. The minimum Gasteiger partial charge on any atom is -0.496 e. The fraction of sp³-hybridized carbons (Fsp3) is 0.333. The Kier molecular flexibility index (Phi) is 6.54. The molecule has 5 nitrogen and oxygen atoms in total. The molecule has 6 heteroatoms. The van der Waals surface area contributed by atoms with Gasteiger partial charge in [0.25, 0.3) is 0 Å². The molecule has 0 amide bonds. The number of benzene rings is 2. The summed E-state index contributed by atoms with van der Waals surface area (Å²) in [6.07, 6.45) is 5.69. The molecule has 2 heterocycles. The summed E-state index contributed by atoms with van der Waals surface area (Å²) in [6, 6.07) is 14.1. The summed E-state index contributed by atoms with van der Waals surface area (Å²) in [6.45, 7) is 3.33. The highest BCUT2D eigenvalue weighted by atomic mass is 19.1. The molecule has 1 aromatic heterocycles. The van der Waals surface area contributed by atoms with Crippen molar-refractivity contribution in [3.05, 3.63) is 72.4 Å². The predicted molar refractivity (Wildman–Crippen MR) is 114 cm³/mol. The standard InChI is InChI=1S/C24H26FN3O2/c1-29-22-7-3-2-6-21(22)24-23(26-12-13-27-24)18-5-4-14-28(17-18)15-16-30-20-10-8-19(25)9-11-20/h2-3,6-13,18H,4-5,14-17H2,1H3/t18-/m1/s1. The zero-order valence-corrected chi connectivity index (χ0v) is 17.1. The second-order valence-corrected chi connectivity index (χ2v) is 7.43. The molecule has 0 spiro atoms. The van der Waals surface area contributed by atoms with Gasteiger partial charge in [0.1, 0.15) is 23.9 Å². The number of rotatable bonds is 7. The van der Waals surface area contributed by atoms with Crippen LogP contribution in [0.2, 0.25) is 0 Å². The van der Waals surface area contributed by atoms with Crippen LogP contribution in [0, 0.1) is 5.82 Å². The largest absolute Gasteiger partial charge is 0.496 e. The van der Waals surface area contributed by atoms with E-state index < -0.39 is 0 Å².